The number of hydrogen-bond donors (Lipinski definition) is 2. The second-order valence-corrected chi connectivity index (χ2v) is 7.71. The van der Waals surface area contributed by atoms with Crippen LogP contribution in [0.15, 0.2) is 17.1 Å². The summed E-state index contributed by atoms with van der Waals surface area (Å²) in [5.41, 5.74) is 0.926. The van der Waals surface area contributed by atoms with Crippen molar-refractivity contribution in [1.82, 2.24) is 15.5 Å². The molecule has 1 saturated heterocycles. The highest BCUT2D eigenvalue weighted by Gasteiger charge is 2.28. The Kier molecular flexibility index (Phi) is 8.89. The van der Waals surface area contributed by atoms with Gasteiger partial charge in [0, 0.05) is 31.6 Å². The number of benzene rings is 1. The van der Waals surface area contributed by atoms with Gasteiger partial charge in [-0.15, -0.1) is 0 Å². The number of methoxy groups -OCH3 is 1. The molecule has 162 valence electrons. The molecule has 1 heterocycles. The van der Waals surface area contributed by atoms with Crippen LogP contribution in [0.5, 0.6) is 11.5 Å². The van der Waals surface area contributed by atoms with E-state index in [9.17, 15) is 4.79 Å². The lowest BCUT2D eigenvalue weighted by Crippen LogP contribution is -2.45. The van der Waals surface area contributed by atoms with Crippen molar-refractivity contribution in [3.05, 3.63) is 22.7 Å². The summed E-state index contributed by atoms with van der Waals surface area (Å²) in [5.74, 6) is 2.10. The van der Waals surface area contributed by atoms with Crippen LogP contribution in [0.1, 0.15) is 39.7 Å². The monoisotopic (exact) mass is 424 g/mol. The first-order chi connectivity index (χ1) is 13.9. The number of nitrogens with zero attached hydrogens (tertiary/aromatic N) is 2. The van der Waals surface area contributed by atoms with E-state index in [1.807, 2.05) is 44.7 Å². The van der Waals surface area contributed by atoms with Gasteiger partial charge in [0.15, 0.2) is 17.5 Å². The number of halogens is 1. The fraction of sp³-hybridized carbons (Fsp3) is 0.619. The minimum atomic E-state index is 0.0232. The molecule has 0 saturated carbocycles. The topological polar surface area (TPSA) is 75.2 Å². The van der Waals surface area contributed by atoms with E-state index in [2.05, 4.69) is 15.6 Å². The second kappa shape index (κ2) is 11.1. The predicted octanol–water partition coefficient (Wildman–Crippen LogP) is 3.06. The zero-order valence-corrected chi connectivity index (χ0v) is 18.8. The minimum Gasteiger partial charge on any atom is -0.493 e. The first-order valence-electron chi connectivity index (χ1n) is 10.2. The number of carbonyl (C=O) groups excluding carboxylic acids is 1. The van der Waals surface area contributed by atoms with Gasteiger partial charge in [0.2, 0.25) is 5.91 Å². The van der Waals surface area contributed by atoms with Crippen LogP contribution in [0.25, 0.3) is 0 Å². The van der Waals surface area contributed by atoms with Crippen LogP contribution in [0.3, 0.4) is 0 Å². The molecule has 0 spiro atoms. The summed E-state index contributed by atoms with van der Waals surface area (Å²) < 4.78 is 11.0. The molecule has 1 aromatic carbocycles. The number of carbonyl (C=O) groups is 1. The Morgan fingerprint density at radius 1 is 1.38 bits per heavy atom. The Bertz CT molecular complexity index is 724. The van der Waals surface area contributed by atoms with Crippen molar-refractivity contribution in [2.24, 2.45) is 10.9 Å². The number of guanidine groups is 1. The molecule has 1 amide bonds. The lowest BCUT2D eigenvalue weighted by molar-refractivity contribution is -0.133. The fourth-order valence-electron chi connectivity index (χ4n) is 3.28. The van der Waals surface area contributed by atoms with Crippen molar-refractivity contribution in [3.63, 3.8) is 0 Å². The quantitative estimate of drug-likeness (QED) is 0.495. The van der Waals surface area contributed by atoms with Crippen molar-refractivity contribution in [2.75, 3.05) is 33.4 Å². The Balaban J connectivity index is 2.06. The zero-order chi connectivity index (χ0) is 21.4. The van der Waals surface area contributed by atoms with E-state index in [1.165, 1.54) is 0 Å². The van der Waals surface area contributed by atoms with Crippen molar-refractivity contribution >= 4 is 23.5 Å². The van der Waals surface area contributed by atoms with E-state index in [0.717, 1.165) is 31.0 Å². The molecule has 2 rings (SSSR count). The van der Waals surface area contributed by atoms with Gasteiger partial charge in [-0.1, -0.05) is 25.4 Å². The van der Waals surface area contributed by atoms with E-state index >= 15 is 0 Å². The summed E-state index contributed by atoms with van der Waals surface area (Å²) in [6.07, 6.45) is 0.908. The first kappa shape index (κ1) is 23.1. The predicted molar refractivity (Wildman–Crippen MR) is 117 cm³/mol. The minimum absolute atomic E-state index is 0.0232. The number of hydrogen-bond acceptors (Lipinski definition) is 4. The molecular weight excluding hydrogens is 392 g/mol. The van der Waals surface area contributed by atoms with Gasteiger partial charge in [0.25, 0.3) is 0 Å². The third-order valence-corrected chi connectivity index (χ3v) is 4.96. The van der Waals surface area contributed by atoms with E-state index in [4.69, 9.17) is 21.1 Å². The normalized spacial score (nSPS) is 16.9. The molecule has 1 fully saturated rings. The molecule has 0 bridgehead atoms. The van der Waals surface area contributed by atoms with E-state index in [0.29, 0.717) is 36.2 Å². The first-order valence-corrected chi connectivity index (χ1v) is 10.6. The van der Waals surface area contributed by atoms with Gasteiger partial charge in [-0.05, 0) is 38.0 Å². The van der Waals surface area contributed by atoms with Crippen LogP contribution < -0.4 is 20.1 Å². The molecule has 7 nitrogen and oxygen atoms in total. The summed E-state index contributed by atoms with van der Waals surface area (Å²) in [5, 5.41) is 7.22. The summed E-state index contributed by atoms with van der Waals surface area (Å²) in [6, 6.07) is 3.93. The maximum atomic E-state index is 12.2. The molecular formula is C21H33ClN4O3. The van der Waals surface area contributed by atoms with Gasteiger partial charge in [-0.25, -0.2) is 4.99 Å². The molecule has 0 radical (unpaired) electrons. The average Bonchev–Trinajstić information content (AvgIpc) is 3.15. The van der Waals surface area contributed by atoms with Gasteiger partial charge < -0.3 is 25.0 Å². The molecule has 29 heavy (non-hydrogen) atoms. The van der Waals surface area contributed by atoms with Gasteiger partial charge in [-0.3, -0.25) is 4.79 Å². The van der Waals surface area contributed by atoms with E-state index in [1.54, 1.807) is 7.11 Å². The highest BCUT2D eigenvalue weighted by Crippen LogP contribution is 2.36. The Morgan fingerprint density at radius 3 is 2.76 bits per heavy atom. The van der Waals surface area contributed by atoms with Gasteiger partial charge in [-0.2, -0.15) is 0 Å². The lowest BCUT2D eigenvalue weighted by Gasteiger charge is -2.20. The van der Waals surface area contributed by atoms with Crippen molar-refractivity contribution in [1.29, 1.82) is 0 Å². The fourth-order valence-corrected chi connectivity index (χ4v) is 3.56. The number of ether oxygens (including phenoxy) is 2. The maximum Gasteiger partial charge on any atom is 0.225 e. The van der Waals surface area contributed by atoms with E-state index < -0.39 is 0 Å². The zero-order valence-electron chi connectivity index (χ0n) is 18.0. The van der Waals surface area contributed by atoms with Crippen LogP contribution in [0.2, 0.25) is 5.02 Å². The summed E-state index contributed by atoms with van der Waals surface area (Å²) >= 11 is 6.36. The number of amides is 1. The highest BCUT2D eigenvalue weighted by atomic mass is 35.5. The van der Waals surface area contributed by atoms with Crippen molar-refractivity contribution in [2.45, 2.75) is 46.7 Å². The Hall–Kier alpha value is -2.15. The Labute approximate surface area is 178 Å². The molecule has 1 aliphatic rings. The number of rotatable bonds is 8. The van der Waals surface area contributed by atoms with Crippen LogP contribution in [-0.4, -0.2) is 56.2 Å². The smallest absolute Gasteiger partial charge is 0.225 e. The molecule has 1 aliphatic heterocycles. The molecule has 1 aromatic rings. The van der Waals surface area contributed by atoms with Gasteiger partial charge >= 0.3 is 0 Å². The Morgan fingerprint density at radius 2 is 2.14 bits per heavy atom. The third kappa shape index (κ3) is 6.42. The summed E-state index contributed by atoms with van der Waals surface area (Å²) in [6.45, 7) is 11.0. The molecule has 8 heteroatoms. The van der Waals surface area contributed by atoms with Crippen molar-refractivity contribution in [3.8, 4) is 11.5 Å². The van der Waals surface area contributed by atoms with Crippen LogP contribution in [0.4, 0.5) is 0 Å². The summed E-state index contributed by atoms with van der Waals surface area (Å²) in [4.78, 5) is 18.8. The molecule has 0 aliphatic carbocycles. The van der Waals surface area contributed by atoms with Crippen molar-refractivity contribution < 1.29 is 14.3 Å². The SMILES string of the molecule is CCNC(=NCc1cc(Cl)c(OCC)c(OC)c1)NC1CCN(C(=O)C(C)C)C1. The van der Waals surface area contributed by atoms with Gasteiger partial charge in [0.05, 0.1) is 25.3 Å². The highest BCUT2D eigenvalue weighted by molar-refractivity contribution is 6.32. The van der Waals surface area contributed by atoms with Crippen LogP contribution in [-0.2, 0) is 11.3 Å². The van der Waals surface area contributed by atoms with Crippen LogP contribution in [0, 0.1) is 5.92 Å². The van der Waals surface area contributed by atoms with E-state index in [-0.39, 0.29) is 17.9 Å². The maximum absolute atomic E-state index is 12.2. The molecule has 1 unspecified atom stereocenters. The second-order valence-electron chi connectivity index (χ2n) is 7.31. The molecule has 0 aromatic heterocycles. The number of likely N-dealkylation sites (tertiary alicyclic amines) is 1. The molecule has 2 N–H and O–H groups in total. The van der Waals surface area contributed by atoms with Crippen LogP contribution >= 0.6 is 11.6 Å². The van der Waals surface area contributed by atoms with Gasteiger partial charge in [0.1, 0.15) is 0 Å². The molecule has 1 atom stereocenters. The summed E-state index contributed by atoms with van der Waals surface area (Å²) in [7, 11) is 1.59. The number of aliphatic imine (C=N–C) groups is 1. The standard InChI is InChI=1S/C21H33ClN4O3/c1-6-23-21(25-16-8-9-26(13-16)20(27)14(3)4)24-12-15-10-17(22)19(29-7-2)18(11-15)28-5/h10-11,14,16H,6-9,12-13H2,1-5H3,(H2,23,24,25). The third-order valence-electron chi connectivity index (χ3n) is 4.68. The lowest BCUT2D eigenvalue weighted by atomic mass is 10.2. The largest absolute Gasteiger partial charge is 0.493 e. The number of nitrogens with one attached hydrogen (secondary N) is 2. The average molecular weight is 425 g/mol.